The molecule has 0 bridgehead atoms. The van der Waals surface area contributed by atoms with E-state index < -0.39 is 0 Å². The zero-order chi connectivity index (χ0) is 18.4. The first-order valence-corrected chi connectivity index (χ1v) is 11.7. The maximum atomic E-state index is 12.9. The van der Waals surface area contributed by atoms with Crippen molar-refractivity contribution in [3.63, 3.8) is 0 Å². The summed E-state index contributed by atoms with van der Waals surface area (Å²) in [6.07, 6.45) is 2.44. The van der Waals surface area contributed by atoms with Gasteiger partial charge in [-0.15, -0.1) is 34.0 Å². The number of fused-ring (bicyclic) bond motifs is 1. The number of nitrogens with zero attached hydrogens (tertiary/aromatic N) is 1. The molecule has 0 spiro atoms. The summed E-state index contributed by atoms with van der Waals surface area (Å²) in [6.45, 7) is 4.00. The van der Waals surface area contributed by atoms with Gasteiger partial charge in [0.25, 0.3) is 5.56 Å². The van der Waals surface area contributed by atoms with Crippen LogP contribution in [0.2, 0.25) is 0 Å². The highest BCUT2D eigenvalue weighted by Gasteiger charge is 2.31. The molecule has 1 aliphatic heterocycles. The SMILES string of the molecule is Cc1ccc(-c2csc3nc(C[NH+]4CCC[C@H]4c4cccs4)[nH]c(=O)c23)s1. The van der Waals surface area contributed by atoms with E-state index in [4.69, 9.17) is 4.98 Å². The second-order valence-electron chi connectivity index (χ2n) is 7.05. The number of aryl methyl sites for hydroxylation is 1. The molecule has 0 amide bonds. The lowest BCUT2D eigenvalue weighted by Gasteiger charge is -2.19. The van der Waals surface area contributed by atoms with Crippen LogP contribution in [0, 0.1) is 6.92 Å². The summed E-state index contributed by atoms with van der Waals surface area (Å²) in [5.74, 6) is 0.807. The molecule has 4 nitrogen and oxygen atoms in total. The van der Waals surface area contributed by atoms with E-state index in [0.717, 1.165) is 39.6 Å². The molecule has 4 aromatic heterocycles. The van der Waals surface area contributed by atoms with Crippen molar-refractivity contribution in [2.45, 2.75) is 32.4 Å². The Kier molecular flexibility index (Phi) is 4.47. The number of H-pyrrole nitrogens is 1. The van der Waals surface area contributed by atoms with Crippen molar-refractivity contribution in [1.82, 2.24) is 9.97 Å². The van der Waals surface area contributed by atoms with Crippen molar-refractivity contribution in [3.05, 3.63) is 61.0 Å². The van der Waals surface area contributed by atoms with E-state index in [1.54, 1.807) is 22.7 Å². The zero-order valence-electron chi connectivity index (χ0n) is 15.0. The Labute approximate surface area is 169 Å². The van der Waals surface area contributed by atoms with Crippen LogP contribution in [0.5, 0.6) is 0 Å². The summed E-state index contributed by atoms with van der Waals surface area (Å²) < 4.78 is 0. The molecule has 0 radical (unpaired) electrons. The largest absolute Gasteiger partial charge is 0.322 e. The highest BCUT2D eigenvalue weighted by atomic mass is 32.1. The normalized spacial score (nSPS) is 19.9. The molecule has 0 aromatic carbocycles. The molecular formula is C20H20N3OS3+. The Morgan fingerprint density at radius 3 is 3.00 bits per heavy atom. The molecule has 2 atom stereocenters. The van der Waals surface area contributed by atoms with Crippen molar-refractivity contribution in [3.8, 4) is 10.4 Å². The molecule has 2 N–H and O–H groups in total. The average molecular weight is 415 g/mol. The van der Waals surface area contributed by atoms with E-state index in [9.17, 15) is 4.79 Å². The average Bonchev–Trinajstić information content (AvgIpc) is 3.41. The minimum Gasteiger partial charge on any atom is -0.322 e. The van der Waals surface area contributed by atoms with Gasteiger partial charge in [-0.1, -0.05) is 6.07 Å². The van der Waals surface area contributed by atoms with E-state index in [2.05, 4.69) is 46.9 Å². The molecule has 1 unspecified atom stereocenters. The lowest BCUT2D eigenvalue weighted by atomic mass is 10.2. The third kappa shape index (κ3) is 3.18. The van der Waals surface area contributed by atoms with Gasteiger partial charge in [0.2, 0.25) is 0 Å². The summed E-state index contributed by atoms with van der Waals surface area (Å²) in [7, 11) is 0. The number of aromatic nitrogens is 2. The van der Waals surface area contributed by atoms with Crippen molar-refractivity contribution < 1.29 is 4.90 Å². The van der Waals surface area contributed by atoms with Crippen LogP contribution in [0.3, 0.4) is 0 Å². The summed E-state index contributed by atoms with van der Waals surface area (Å²) in [5, 5.41) is 4.95. The number of quaternary nitrogens is 1. The van der Waals surface area contributed by atoms with Gasteiger partial charge in [0.1, 0.15) is 17.4 Å². The number of thiophene rings is 3. The van der Waals surface area contributed by atoms with Gasteiger partial charge in [-0.05, 0) is 30.5 Å². The fourth-order valence-electron chi connectivity index (χ4n) is 4.01. The van der Waals surface area contributed by atoms with Crippen molar-refractivity contribution in [1.29, 1.82) is 0 Å². The van der Waals surface area contributed by atoms with Gasteiger partial charge in [0, 0.05) is 33.5 Å². The topological polar surface area (TPSA) is 50.2 Å². The van der Waals surface area contributed by atoms with Crippen molar-refractivity contribution in [2.24, 2.45) is 0 Å². The fraction of sp³-hybridized carbons (Fsp3) is 0.300. The van der Waals surface area contributed by atoms with Crippen LogP contribution in [-0.4, -0.2) is 16.5 Å². The molecule has 7 heteroatoms. The highest BCUT2D eigenvalue weighted by Crippen LogP contribution is 2.35. The maximum absolute atomic E-state index is 12.9. The fourth-order valence-corrected chi connectivity index (χ4v) is 6.85. The summed E-state index contributed by atoms with van der Waals surface area (Å²) in [6, 6.07) is 9.07. The van der Waals surface area contributed by atoms with E-state index >= 15 is 0 Å². The van der Waals surface area contributed by atoms with E-state index in [0.29, 0.717) is 6.04 Å². The number of hydrogen-bond donors (Lipinski definition) is 2. The predicted molar refractivity (Wildman–Crippen MR) is 114 cm³/mol. The second-order valence-corrected chi connectivity index (χ2v) is 10.2. The molecule has 138 valence electrons. The summed E-state index contributed by atoms with van der Waals surface area (Å²) in [4.78, 5) is 26.9. The first-order chi connectivity index (χ1) is 13.2. The minimum absolute atomic E-state index is 0.0106. The van der Waals surface area contributed by atoms with Crippen LogP contribution in [-0.2, 0) is 6.54 Å². The summed E-state index contributed by atoms with van der Waals surface area (Å²) in [5.41, 5.74) is 1.00. The maximum Gasteiger partial charge on any atom is 0.260 e. The highest BCUT2D eigenvalue weighted by molar-refractivity contribution is 7.19. The van der Waals surface area contributed by atoms with Gasteiger partial charge in [0.05, 0.1) is 16.8 Å². The third-order valence-electron chi connectivity index (χ3n) is 5.26. The van der Waals surface area contributed by atoms with Crippen LogP contribution < -0.4 is 10.5 Å². The van der Waals surface area contributed by atoms with E-state index in [-0.39, 0.29) is 5.56 Å². The Hall–Kier alpha value is -1.80. The van der Waals surface area contributed by atoms with Gasteiger partial charge in [0.15, 0.2) is 5.82 Å². The van der Waals surface area contributed by atoms with Crippen LogP contribution in [0.15, 0.2) is 39.8 Å². The Morgan fingerprint density at radius 1 is 1.30 bits per heavy atom. The third-order valence-corrected chi connectivity index (χ3v) is 8.16. The van der Waals surface area contributed by atoms with Crippen LogP contribution >= 0.6 is 34.0 Å². The number of rotatable bonds is 4. The quantitative estimate of drug-likeness (QED) is 0.530. The predicted octanol–water partition coefficient (Wildman–Crippen LogP) is 4.00. The number of nitrogens with one attached hydrogen (secondary N) is 2. The first-order valence-electron chi connectivity index (χ1n) is 9.14. The zero-order valence-corrected chi connectivity index (χ0v) is 17.4. The standard InChI is InChI=1S/C20H19N3OS3/c1-12-6-7-15(27-12)13-11-26-20-18(13)19(24)21-17(22-20)10-23-8-2-4-14(23)16-5-3-9-25-16/h3,5-7,9,11,14H,2,4,8,10H2,1H3,(H,21,22,24)/p+1/t14-/m0/s1. The van der Waals surface area contributed by atoms with E-state index in [1.807, 2.05) is 11.3 Å². The van der Waals surface area contributed by atoms with Gasteiger partial charge in [-0.25, -0.2) is 4.98 Å². The molecule has 1 aliphatic rings. The Bertz CT molecular complexity index is 1140. The Balaban J connectivity index is 1.48. The minimum atomic E-state index is -0.0106. The second kappa shape index (κ2) is 6.98. The number of aromatic amines is 1. The van der Waals surface area contributed by atoms with Crippen LogP contribution in [0.4, 0.5) is 0 Å². The number of hydrogen-bond acceptors (Lipinski definition) is 5. The first kappa shape index (κ1) is 17.3. The van der Waals surface area contributed by atoms with Gasteiger partial charge < -0.3 is 9.88 Å². The van der Waals surface area contributed by atoms with Gasteiger partial charge >= 0.3 is 0 Å². The molecule has 0 aliphatic carbocycles. The molecule has 5 heterocycles. The molecule has 1 saturated heterocycles. The summed E-state index contributed by atoms with van der Waals surface area (Å²) >= 11 is 5.13. The molecular weight excluding hydrogens is 394 g/mol. The van der Waals surface area contributed by atoms with Crippen molar-refractivity contribution >= 4 is 44.2 Å². The monoisotopic (exact) mass is 414 g/mol. The van der Waals surface area contributed by atoms with Gasteiger partial charge in [-0.3, -0.25) is 4.79 Å². The number of likely N-dealkylation sites (tertiary alicyclic amines) is 1. The van der Waals surface area contributed by atoms with Gasteiger partial charge in [-0.2, -0.15) is 0 Å². The smallest absolute Gasteiger partial charge is 0.260 e. The van der Waals surface area contributed by atoms with E-state index in [1.165, 1.54) is 27.5 Å². The lowest BCUT2D eigenvalue weighted by molar-refractivity contribution is -0.932. The molecule has 0 saturated carbocycles. The van der Waals surface area contributed by atoms with Crippen LogP contribution in [0.1, 0.15) is 34.5 Å². The molecule has 5 rings (SSSR count). The van der Waals surface area contributed by atoms with Crippen LogP contribution in [0.25, 0.3) is 20.7 Å². The molecule has 1 fully saturated rings. The lowest BCUT2D eigenvalue weighted by Crippen LogP contribution is -3.09. The van der Waals surface area contributed by atoms with Crippen molar-refractivity contribution in [2.75, 3.05) is 6.54 Å². The Morgan fingerprint density at radius 2 is 2.22 bits per heavy atom. The molecule has 4 aromatic rings. The molecule has 27 heavy (non-hydrogen) atoms.